The number of ketones is 1. The van der Waals surface area contributed by atoms with Crippen LogP contribution in [0, 0.1) is 0 Å². The summed E-state index contributed by atoms with van der Waals surface area (Å²) in [5, 5.41) is 27.8. The van der Waals surface area contributed by atoms with Crippen molar-refractivity contribution in [2.75, 3.05) is 27.3 Å². The van der Waals surface area contributed by atoms with Crippen LogP contribution < -0.4 is 9.47 Å². The molecule has 5 rings (SSSR count). The van der Waals surface area contributed by atoms with Crippen LogP contribution in [0.2, 0.25) is 0 Å². The van der Waals surface area contributed by atoms with E-state index < -0.39 is 23.2 Å². The number of carbonyl (C=O) groups excluding carboxylic acids is 1. The van der Waals surface area contributed by atoms with Crippen molar-refractivity contribution in [2.45, 2.75) is 61.9 Å². The molecule has 2 heterocycles. The highest BCUT2D eigenvalue weighted by molar-refractivity contribution is 5.90. The minimum Gasteiger partial charge on any atom is -0.493 e. The molecule has 4 aliphatic rings. The molecular weight excluding hydrogens is 362 g/mol. The lowest BCUT2D eigenvalue weighted by Crippen LogP contribution is -2.76. The Balaban J connectivity index is 0.000000346. The predicted octanol–water partition coefficient (Wildman–Crippen LogP) is 0.408. The summed E-state index contributed by atoms with van der Waals surface area (Å²) >= 11 is 0. The molecular formula is C21H29NO6. The molecule has 2 aliphatic heterocycles. The van der Waals surface area contributed by atoms with Crippen LogP contribution in [-0.4, -0.2) is 77.2 Å². The number of benzene rings is 1. The zero-order chi connectivity index (χ0) is 20.3. The van der Waals surface area contributed by atoms with E-state index in [1.54, 1.807) is 7.11 Å². The molecule has 1 saturated carbocycles. The minimum atomic E-state index is -0.900. The van der Waals surface area contributed by atoms with E-state index in [1.165, 1.54) is 12.5 Å². The first-order valence-corrected chi connectivity index (χ1v) is 9.91. The Bertz CT molecular complexity index is 795. The van der Waals surface area contributed by atoms with Gasteiger partial charge in [0.15, 0.2) is 23.4 Å². The number of rotatable bonds is 2. The SMILES string of the molecule is CC(O)CO.COc1ccc2c3c1O[C@H]1C(=O)CC[C@@]4(O)[C@@H](C2)N(C)CC[C@]314. The zero-order valence-electron chi connectivity index (χ0n) is 16.6. The Morgan fingerprint density at radius 3 is 2.75 bits per heavy atom. The summed E-state index contributed by atoms with van der Waals surface area (Å²) < 4.78 is 11.6. The molecule has 3 N–H and O–H groups in total. The fourth-order valence-corrected chi connectivity index (χ4v) is 5.69. The first-order chi connectivity index (χ1) is 13.3. The van der Waals surface area contributed by atoms with Gasteiger partial charge in [0.1, 0.15) is 0 Å². The largest absolute Gasteiger partial charge is 0.493 e. The summed E-state index contributed by atoms with van der Waals surface area (Å²) in [6.45, 7) is 2.26. The average molecular weight is 391 g/mol. The lowest BCUT2D eigenvalue weighted by atomic mass is 9.49. The molecule has 1 aromatic carbocycles. The second-order valence-electron chi connectivity index (χ2n) is 8.47. The molecule has 2 fully saturated rings. The molecule has 1 aromatic rings. The number of hydrogen-bond donors (Lipinski definition) is 3. The van der Waals surface area contributed by atoms with Gasteiger partial charge in [-0.1, -0.05) is 6.07 Å². The van der Waals surface area contributed by atoms with Gasteiger partial charge in [0.05, 0.1) is 30.8 Å². The topological polar surface area (TPSA) is 99.5 Å². The standard InChI is InChI=1S/C18H21NO4.C3H8O2/c1-19-8-7-17-14-10-3-4-12(22-2)15(14)23-16(17)11(20)5-6-18(17,21)13(19)9-10;1-3(5)2-4/h3-4,13,16,21H,5-9H2,1-2H3;3-5H,2H2,1H3/t13-,16+,17+,18-;/m1./s1. The van der Waals surface area contributed by atoms with Crippen molar-refractivity contribution in [3.05, 3.63) is 23.3 Å². The predicted molar refractivity (Wildman–Crippen MR) is 102 cm³/mol. The molecule has 1 spiro atoms. The van der Waals surface area contributed by atoms with Gasteiger partial charge in [-0.25, -0.2) is 0 Å². The Kier molecular flexibility index (Phi) is 4.69. The maximum atomic E-state index is 12.7. The van der Waals surface area contributed by atoms with E-state index in [-0.39, 0.29) is 18.4 Å². The van der Waals surface area contributed by atoms with Gasteiger partial charge in [0, 0.05) is 18.0 Å². The first kappa shape index (κ1) is 19.6. The molecule has 0 radical (unpaired) electrons. The molecule has 2 bridgehead atoms. The van der Waals surface area contributed by atoms with Crippen molar-refractivity contribution in [3.63, 3.8) is 0 Å². The Morgan fingerprint density at radius 1 is 1.39 bits per heavy atom. The smallest absolute Gasteiger partial charge is 0.174 e. The summed E-state index contributed by atoms with van der Waals surface area (Å²) in [4.78, 5) is 14.9. The number of aliphatic hydroxyl groups is 3. The number of piperidine rings is 1. The first-order valence-electron chi connectivity index (χ1n) is 9.91. The maximum absolute atomic E-state index is 12.7. The summed E-state index contributed by atoms with van der Waals surface area (Å²) in [5.74, 6) is 1.47. The average Bonchev–Trinajstić information content (AvgIpc) is 3.04. The number of methoxy groups -OCH3 is 1. The summed E-state index contributed by atoms with van der Waals surface area (Å²) in [7, 11) is 3.70. The van der Waals surface area contributed by atoms with Crippen molar-refractivity contribution in [3.8, 4) is 11.5 Å². The molecule has 154 valence electrons. The van der Waals surface area contributed by atoms with Crippen LogP contribution in [0.5, 0.6) is 11.5 Å². The van der Waals surface area contributed by atoms with E-state index in [0.29, 0.717) is 24.3 Å². The minimum absolute atomic E-state index is 0.0438. The molecule has 0 aromatic heterocycles. The monoisotopic (exact) mass is 391 g/mol. The lowest BCUT2D eigenvalue weighted by molar-refractivity contribution is -0.185. The third-order valence-corrected chi connectivity index (χ3v) is 6.99. The summed E-state index contributed by atoms with van der Waals surface area (Å²) in [6, 6.07) is 4.05. The highest BCUT2D eigenvalue weighted by atomic mass is 16.5. The van der Waals surface area contributed by atoms with Crippen LogP contribution in [0.3, 0.4) is 0 Å². The molecule has 1 saturated heterocycles. The van der Waals surface area contributed by atoms with Crippen molar-refractivity contribution in [1.82, 2.24) is 4.90 Å². The van der Waals surface area contributed by atoms with Crippen molar-refractivity contribution >= 4 is 5.78 Å². The third kappa shape index (κ3) is 2.40. The van der Waals surface area contributed by atoms with Crippen LogP contribution in [0.15, 0.2) is 12.1 Å². The fourth-order valence-electron chi connectivity index (χ4n) is 5.69. The number of likely N-dealkylation sites (N-methyl/N-ethyl adjacent to an activating group) is 1. The molecule has 7 heteroatoms. The van der Waals surface area contributed by atoms with E-state index in [4.69, 9.17) is 19.7 Å². The van der Waals surface area contributed by atoms with Crippen molar-refractivity contribution in [1.29, 1.82) is 0 Å². The Hall–Kier alpha value is -1.67. The molecule has 7 nitrogen and oxygen atoms in total. The molecule has 1 unspecified atom stereocenters. The van der Waals surface area contributed by atoms with Crippen LogP contribution >= 0.6 is 0 Å². The number of hydrogen-bond acceptors (Lipinski definition) is 7. The number of nitrogens with zero attached hydrogens (tertiary/aromatic N) is 1. The molecule has 5 atom stereocenters. The number of ether oxygens (including phenoxy) is 2. The quantitative estimate of drug-likeness (QED) is 0.671. The summed E-state index contributed by atoms with van der Waals surface area (Å²) in [6.07, 6.45) is 1.33. The van der Waals surface area contributed by atoms with E-state index in [9.17, 15) is 9.90 Å². The highest BCUT2D eigenvalue weighted by Crippen LogP contribution is 2.64. The molecule has 0 amide bonds. The van der Waals surface area contributed by atoms with Crippen LogP contribution in [0.4, 0.5) is 0 Å². The summed E-state index contributed by atoms with van der Waals surface area (Å²) in [5.41, 5.74) is 0.737. The number of likely N-dealkylation sites (tertiary alicyclic amines) is 1. The van der Waals surface area contributed by atoms with Gasteiger partial charge in [-0.05, 0) is 51.4 Å². The van der Waals surface area contributed by atoms with Gasteiger partial charge in [0.25, 0.3) is 0 Å². The Morgan fingerprint density at radius 2 is 2.11 bits per heavy atom. The van der Waals surface area contributed by atoms with Gasteiger partial charge in [0.2, 0.25) is 0 Å². The number of Topliss-reactive ketones (excluding diaryl/α,β-unsaturated/α-hetero) is 1. The number of carbonyl (C=O) groups is 1. The normalized spacial score (nSPS) is 36.0. The molecule has 28 heavy (non-hydrogen) atoms. The fraction of sp³-hybridized carbons (Fsp3) is 0.667. The Labute approximate surface area is 164 Å². The van der Waals surface area contributed by atoms with Gasteiger partial charge >= 0.3 is 0 Å². The second-order valence-corrected chi connectivity index (χ2v) is 8.47. The number of aliphatic hydroxyl groups excluding tert-OH is 2. The van der Waals surface area contributed by atoms with Crippen molar-refractivity contribution in [2.24, 2.45) is 0 Å². The van der Waals surface area contributed by atoms with Gasteiger partial charge in [-0.3, -0.25) is 4.79 Å². The van der Waals surface area contributed by atoms with Gasteiger partial charge in [-0.15, -0.1) is 0 Å². The molecule has 2 aliphatic carbocycles. The van der Waals surface area contributed by atoms with Crippen LogP contribution in [-0.2, 0) is 16.6 Å². The van der Waals surface area contributed by atoms with Gasteiger partial charge in [-0.2, -0.15) is 0 Å². The maximum Gasteiger partial charge on any atom is 0.174 e. The third-order valence-electron chi connectivity index (χ3n) is 6.99. The second kappa shape index (κ2) is 6.69. The zero-order valence-corrected chi connectivity index (χ0v) is 16.6. The van der Waals surface area contributed by atoms with E-state index in [1.807, 2.05) is 6.07 Å². The highest BCUT2D eigenvalue weighted by Gasteiger charge is 2.72. The van der Waals surface area contributed by atoms with Crippen molar-refractivity contribution < 1.29 is 29.6 Å². The lowest BCUT2D eigenvalue weighted by Gasteiger charge is -2.62. The van der Waals surface area contributed by atoms with Crippen LogP contribution in [0.1, 0.15) is 37.3 Å². The van der Waals surface area contributed by atoms with E-state index in [2.05, 4.69) is 18.0 Å². The van der Waals surface area contributed by atoms with E-state index >= 15 is 0 Å². The van der Waals surface area contributed by atoms with E-state index in [0.717, 1.165) is 24.9 Å². The van der Waals surface area contributed by atoms with Crippen LogP contribution in [0.25, 0.3) is 0 Å². The van der Waals surface area contributed by atoms with Gasteiger partial charge < -0.3 is 29.7 Å².